The molecule has 0 amide bonds. The topological polar surface area (TPSA) is 34.4 Å². The van der Waals surface area contributed by atoms with Gasteiger partial charge in [-0.15, -0.1) is 0 Å². The third kappa shape index (κ3) is 2.84. The minimum absolute atomic E-state index is 0.108. The summed E-state index contributed by atoms with van der Waals surface area (Å²) in [4.78, 5) is 0. The first kappa shape index (κ1) is 14.2. The van der Waals surface area contributed by atoms with E-state index in [0.29, 0.717) is 0 Å². The highest BCUT2D eigenvalue weighted by Crippen LogP contribution is 2.33. The normalized spacial score (nSPS) is 18.3. The van der Waals surface area contributed by atoms with Gasteiger partial charge in [-0.25, -0.2) is 0 Å². The van der Waals surface area contributed by atoms with Gasteiger partial charge in [-0.1, -0.05) is 19.9 Å². The number of hydrogen-bond donors (Lipinski definition) is 1. The second kappa shape index (κ2) is 5.94. The van der Waals surface area contributed by atoms with Crippen molar-refractivity contribution in [1.29, 1.82) is 0 Å². The van der Waals surface area contributed by atoms with E-state index in [-0.39, 0.29) is 12.1 Å². The Kier molecular flexibility index (Phi) is 4.02. The predicted octanol–water partition coefficient (Wildman–Crippen LogP) is 3.86. The molecular weight excluding hydrogens is 262 g/mol. The standard InChI is InChI=1S/C18H23NO2/c1-4-15-7-9-17(21-15)18(19-5-2)13-6-8-16-14(11-13)10-12(3)20-16/h6-9,11-12,18-19H,4-5,10H2,1-3H3. The molecule has 1 aliphatic rings. The van der Waals surface area contributed by atoms with Crippen LogP contribution in [-0.2, 0) is 12.8 Å². The van der Waals surface area contributed by atoms with Crippen LogP contribution in [0.25, 0.3) is 0 Å². The van der Waals surface area contributed by atoms with Gasteiger partial charge in [0.2, 0.25) is 0 Å². The number of hydrogen-bond acceptors (Lipinski definition) is 3. The molecule has 2 atom stereocenters. The van der Waals surface area contributed by atoms with Crippen molar-refractivity contribution in [1.82, 2.24) is 5.32 Å². The van der Waals surface area contributed by atoms with Crippen LogP contribution in [0.1, 0.15) is 49.5 Å². The third-order valence-corrected chi connectivity index (χ3v) is 3.98. The van der Waals surface area contributed by atoms with Crippen LogP contribution in [0.3, 0.4) is 0 Å². The summed E-state index contributed by atoms with van der Waals surface area (Å²) in [6.07, 6.45) is 2.19. The van der Waals surface area contributed by atoms with E-state index in [9.17, 15) is 0 Å². The zero-order chi connectivity index (χ0) is 14.8. The Bertz CT molecular complexity index is 617. The SMILES string of the molecule is CCNC(c1ccc2c(c1)CC(C)O2)c1ccc(CC)o1. The largest absolute Gasteiger partial charge is 0.490 e. The smallest absolute Gasteiger partial charge is 0.125 e. The number of rotatable bonds is 5. The van der Waals surface area contributed by atoms with E-state index in [2.05, 4.69) is 56.4 Å². The minimum atomic E-state index is 0.108. The summed E-state index contributed by atoms with van der Waals surface area (Å²) in [7, 11) is 0. The van der Waals surface area contributed by atoms with Crippen molar-refractivity contribution in [3.63, 3.8) is 0 Å². The highest BCUT2D eigenvalue weighted by atomic mass is 16.5. The van der Waals surface area contributed by atoms with Crippen molar-refractivity contribution >= 4 is 0 Å². The summed E-state index contributed by atoms with van der Waals surface area (Å²) >= 11 is 0. The van der Waals surface area contributed by atoms with Crippen molar-refractivity contribution in [3.8, 4) is 5.75 Å². The molecule has 2 unspecified atom stereocenters. The summed E-state index contributed by atoms with van der Waals surface area (Å²) in [5.41, 5.74) is 2.54. The lowest BCUT2D eigenvalue weighted by molar-refractivity contribution is 0.254. The summed E-state index contributed by atoms with van der Waals surface area (Å²) in [5, 5.41) is 3.52. The van der Waals surface area contributed by atoms with Gasteiger partial charge in [0.15, 0.2) is 0 Å². The molecule has 21 heavy (non-hydrogen) atoms. The van der Waals surface area contributed by atoms with Gasteiger partial charge in [0.25, 0.3) is 0 Å². The molecule has 0 spiro atoms. The predicted molar refractivity (Wildman–Crippen MR) is 83.8 cm³/mol. The van der Waals surface area contributed by atoms with Crippen molar-refractivity contribution in [2.24, 2.45) is 0 Å². The molecule has 3 rings (SSSR count). The fourth-order valence-electron chi connectivity index (χ4n) is 2.95. The summed E-state index contributed by atoms with van der Waals surface area (Å²) in [6, 6.07) is 10.7. The molecule has 0 saturated carbocycles. The highest BCUT2D eigenvalue weighted by molar-refractivity contribution is 5.43. The van der Waals surface area contributed by atoms with Crippen molar-refractivity contribution in [2.75, 3.05) is 6.54 Å². The average molecular weight is 285 g/mol. The molecule has 3 heteroatoms. The molecule has 0 aliphatic carbocycles. The molecule has 0 fully saturated rings. The second-order valence-electron chi connectivity index (χ2n) is 5.65. The van der Waals surface area contributed by atoms with E-state index in [4.69, 9.17) is 9.15 Å². The van der Waals surface area contributed by atoms with E-state index in [1.54, 1.807) is 0 Å². The van der Waals surface area contributed by atoms with Crippen LogP contribution < -0.4 is 10.1 Å². The molecule has 1 aliphatic heterocycles. The number of furan rings is 1. The number of benzene rings is 1. The average Bonchev–Trinajstić information content (AvgIpc) is 3.09. The molecule has 0 radical (unpaired) electrons. The van der Waals surface area contributed by atoms with Gasteiger partial charge in [-0.05, 0) is 48.9 Å². The zero-order valence-corrected chi connectivity index (χ0v) is 13.0. The van der Waals surface area contributed by atoms with Crippen LogP contribution in [0.4, 0.5) is 0 Å². The van der Waals surface area contributed by atoms with E-state index >= 15 is 0 Å². The van der Waals surface area contributed by atoms with Crippen molar-refractivity contribution in [3.05, 3.63) is 53.0 Å². The Morgan fingerprint density at radius 1 is 1.24 bits per heavy atom. The number of nitrogens with one attached hydrogen (secondary N) is 1. The lowest BCUT2D eigenvalue weighted by atomic mass is 10.00. The molecular formula is C18H23NO2. The van der Waals surface area contributed by atoms with Crippen LogP contribution in [-0.4, -0.2) is 12.6 Å². The second-order valence-corrected chi connectivity index (χ2v) is 5.65. The quantitative estimate of drug-likeness (QED) is 0.905. The van der Waals surface area contributed by atoms with Gasteiger partial charge < -0.3 is 14.5 Å². The first-order valence-corrected chi connectivity index (χ1v) is 7.82. The number of ether oxygens (including phenoxy) is 1. The van der Waals surface area contributed by atoms with Gasteiger partial charge >= 0.3 is 0 Å². The molecule has 112 valence electrons. The van der Waals surface area contributed by atoms with E-state index in [1.165, 1.54) is 11.1 Å². The Morgan fingerprint density at radius 2 is 2.10 bits per heavy atom. The van der Waals surface area contributed by atoms with Crippen LogP contribution >= 0.6 is 0 Å². The lowest BCUT2D eigenvalue weighted by Crippen LogP contribution is -2.21. The third-order valence-electron chi connectivity index (χ3n) is 3.98. The highest BCUT2D eigenvalue weighted by Gasteiger charge is 2.23. The Morgan fingerprint density at radius 3 is 2.81 bits per heavy atom. The first-order chi connectivity index (χ1) is 10.2. The molecule has 1 N–H and O–H groups in total. The zero-order valence-electron chi connectivity index (χ0n) is 13.0. The van der Waals surface area contributed by atoms with Gasteiger partial charge in [0.1, 0.15) is 23.4 Å². The lowest BCUT2D eigenvalue weighted by Gasteiger charge is -2.17. The maximum atomic E-state index is 5.95. The number of aryl methyl sites for hydroxylation is 1. The van der Waals surface area contributed by atoms with Crippen LogP contribution in [0.5, 0.6) is 5.75 Å². The Balaban J connectivity index is 1.92. The van der Waals surface area contributed by atoms with Gasteiger partial charge in [-0.3, -0.25) is 0 Å². The maximum absolute atomic E-state index is 5.95. The van der Waals surface area contributed by atoms with Crippen molar-refractivity contribution < 1.29 is 9.15 Å². The van der Waals surface area contributed by atoms with E-state index < -0.39 is 0 Å². The minimum Gasteiger partial charge on any atom is -0.490 e. The molecule has 1 aromatic heterocycles. The molecule has 3 nitrogen and oxygen atoms in total. The van der Waals surface area contributed by atoms with Crippen LogP contribution in [0.2, 0.25) is 0 Å². The maximum Gasteiger partial charge on any atom is 0.125 e. The monoisotopic (exact) mass is 285 g/mol. The fraction of sp³-hybridized carbons (Fsp3) is 0.444. The first-order valence-electron chi connectivity index (χ1n) is 7.82. The summed E-state index contributed by atoms with van der Waals surface area (Å²) in [6.45, 7) is 7.24. The van der Waals surface area contributed by atoms with Crippen LogP contribution in [0.15, 0.2) is 34.7 Å². The summed E-state index contributed by atoms with van der Waals surface area (Å²) in [5.74, 6) is 3.04. The van der Waals surface area contributed by atoms with Gasteiger partial charge in [-0.2, -0.15) is 0 Å². The van der Waals surface area contributed by atoms with Crippen molar-refractivity contribution in [2.45, 2.75) is 45.8 Å². The molecule has 2 heterocycles. The van der Waals surface area contributed by atoms with Crippen LogP contribution in [0, 0.1) is 0 Å². The van der Waals surface area contributed by atoms with E-state index in [1.807, 2.05) is 0 Å². The van der Waals surface area contributed by atoms with Gasteiger partial charge in [0.05, 0.1) is 6.04 Å². The Hall–Kier alpha value is -1.74. The molecule has 0 saturated heterocycles. The van der Waals surface area contributed by atoms with E-state index in [0.717, 1.165) is 36.7 Å². The molecule has 2 aromatic rings. The van der Waals surface area contributed by atoms with Gasteiger partial charge in [0, 0.05) is 12.8 Å². The summed E-state index contributed by atoms with van der Waals surface area (Å²) < 4.78 is 11.7. The molecule has 1 aromatic carbocycles. The Labute approximate surface area is 126 Å². The molecule has 0 bridgehead atoms. The number of fused-ring (bicyclic) bond motifs is 1. The fourth-order valence-corrected chi connectivity index (χ4v) is 2.95.